The molecule has 1 unspecified atom stereocenters. The maximum absolute atomic E-state index is 11.2. The molecule has 1 N–H and O–H groups in total. The molecule has 20 heavy (non-hydrogen) atoms. The normalized spacial score (nSPS) is 12.6. The number of rotatable bonds is 9. The van der Waals surface area contributed by atoms with Gasteiger partial charge in [-0.05, 0) is 20.3 Å². The van der Waals surface area contributed by atoms with Crippen molar-refractivity contribution in [3.8, 4) is 0 Å². The van der Waals surface area contributed by atoms with E-state index in [1.54, 1.807) is 6.92 Å². The van der Waals surface area contributed by atoms with Crippen LogP contribution in [0.15, 0.2) is 6.20 Å². The van der Waals surface area contributed by atoms with Crippen molar-refractivity contribution in [2.75, 3.05) is 0 Å². The van der Waals surface area contributed by atoms with Crippen LogP contribution in [0.5, 0.6) is 0 Å². The zero-order valence-electron chi connectivity index (χ0n) is 13.4. The lowest BCUT2D eigenvalue weighted by Crippen LogP contribution is -2.44. The zero-order chi connectivity index (χ0) is 15.1. The minimum absolute atomic E-state index is 0.493. The van der Waals surface area contributed by atoms with Crippen LogP contribution in [0.2, 0.25) is 0 Å². The molecule has 0 fully saturated rings. The Morgan fingerprint density at radius 1 is 1.30 bits per heavy atom. The number of carboxylic acids is 1. The van der Waals surface area contributed by atoms with Crippen LogP contribution in [0.1, 0.15) is 70.4 Å². The monoisotopic (exact) mass is 281 g/mol. The molecule has 1 aromatic heterocycles. The smallest absolute Gasteiger partial charge is 0.349 e. The van der Waals surface area contributed by atoms with E-state index in [1.807, 2.05) is 10.8 Å². The Labute approximate surface area is 122 Å². The van der Waals surface area contributed by atoms with E-state index in [0.717, 1.165) is 30.9 Å². The fourth-order valence-electron chi connectivity index (χ4n) is 2.73. The number of unbranched alkanes of at least 4 members (excludes halogenated alkanes) is 4. The number of aliphatic carboxylic acids is 1. The standard InChI is InChI=1S/C16H28N2O2/c1-5-7-8-9-10-11-15-17(6-2)13(3)12-18(15)14(4)16(19)20/h12,14H,5-11H2,1-4H3/p+1. The van der Waals surface area contributed by atoms with Gasteiger partial charge in [-0.2, -0.15) is 0 Å². The first-order valence-electron chi connectivity index (χ1n) is 7.85. The third kappa shape index (κ3) is 4.09. The second-order valence-corrected chi connectivity index (χ2v) is 5.52. The van der Waals surface area contributed by atoms with Crippen LogP contribution in [0.4, 0.5) is 0 Å². The molecule has 4 heteroatoms. The Morgan fingerprint density at radius 2 is 1.95 bits per heavy atom. The Balaban J connectivity index is 2.82. The Kier molecular flexibility index (Phi) is 6.76. The van der Waals surface area contributed by atoms with Crippen molar-refractivity contribution in [3.63, 3.8) is 0 Å². The third-order valence-corrected chi connectivity index (χ3v) is 3.96. The van der Waals surface area contributed by atoms with Gasteiger partial charge in [-0.15, -0.1) is 0 Å². The van der Waals surface area contributed by atoms with Crippen LogP contribution < -0.4 is 4.57 Å². The van der Waals surface area contributed by atoms with Crippen LogP contribution in [-0.4, -0.2) is 15.6 Å². The summed E-state index contributed by atoms with van der Waals surface area (Å²) in [5.41, 5.74) is 1.14. The summed E-state index contributed by atoms with van der Waals surface area (Å²) in [5.74, 6) is 0.381. The molecule has 0 radical (unpaired) electrons. The van der Waals surface area contributed by atoms with Crippen LogP contribution in [0.25, 0.3) is 0 Å². The summed E-state index contributed by atoms with van der Waals surface area (Å²) in [6.45, 7) is 9.03. The highest BCUT2D eigenvalue weighted by atomic mass is 16.4. The fraction of sp³-hybridized carbons (Fsp3) is 0.750. The molecular formula is C16H29N2O2+. The molecule has 0 spiro atoms. The second kappa shape index (κ2) is 8.08. The predicted molar refractivity (Wildman–Crippen MR) is 79.8 cm³/mol. The molecule has 0 aromatic carbocycles. The van der Waals surface area contributed by atoms with E-state index in [0.29, 0.717) is 0 Å². The number of hydrogen-bond acceptors (Lipinski definition) is 1. The number of hydrogen-bond donors (Lipinski definition) is 1. The largest absolute Gasteiger partial charge is 0.478 e. The summed E-state index contributed by atoms with van der Waals surface area (Å²) in [6, 6.07) is -0.493. The summed E-state index contributed by atoms with van der Waals surface area (Å²) in [5, 5.41) is 9.24. The van der Waals surface area contributed by atoms with Crippen molar-refractivity contribution in [1.82, 2.24) is 4.57 Å². The zero-order valence-corrected chi connectivity index (χ0v) is 13.4. The van der Waals surface area contributed by atoms with E-state index >= 15 is 0 Å². The first-order chi connectivity index (χ1) is 9.52. The van der Waals surface area contributed by atoms with Gasteiger partial charge in [0.1, 0.15) is 11.9 Å². The topological polar surface area (TPSA) is 46.1 Å². The van der Waals surface area contributed by atoms with Gasteiger partial charge in [-0.1, -0.05) is 32.6 Å². The minimum Gasteiger partial charge on any atom is -0.478 e. The molecule has 0 aliphatic carbocycles. The lowest BCUT2D eigenvalue weighted by molar-refractivity contribution is -0.714. The van der Waals surface area contributed by atoms with Crippen LogP contribution in [0.3, 0.4) is 0 Å². The van der Waals surface area contributed by atoms with Gasteiger partial charge in [-0.3, -0.25) is 0 Å². The molecule has 114 valence electrons. The molecule has 0 bridgehead atoms. The average molecular weight is 281 g/mol. The van der Waals surface area contributed by atoms with Crippen LogP contribution >= 0.6 is 0 Å². The summed E-state index contributed by atoms with van der Waals surface area (Å²) in [7, 11) is 0. The van der Waals surface area contributed by atoms with Crippen molar-refractivity contribution in [2.45, 2.75) is 78.8 Å². The van der Waals surface area contributed by atoms with Gasteiger partial charge in [0, 0.05) is 13.3 Å². The second-order valence-electron chi connectivity index (χ2n) is 5.52. The van der Waals surface area contributed by atoms with E-state index in [1.165, 1.54) is 25.7 Å². The summed E-state index contributed by atoms with van der Waals surface area (Å²) >= 11 is 0. The summed E-state index contributed by atoms with van der Waals surface area (Å²) in [6.07, 6.45) is 9.11. The predicted octanol–water partition coefficient (Wildman–Crippen LogP) is 3.26. The van der Waals surface area contributed by atoms with Gasteiger partial charge >= 0.3 is 5.97 Å². The lowest BCUT2D eigenvalue weighted by Gasteiger charge is -2.07. The van der Waals surface area contributed by atoms with Crippen molar-refractivity contribution in [1.29, 1.82) is 0 Å². The van der Waals surface area contributed by atoms with Crippen molar-refractivity contribution >= 4 is 5.97 Å². The minimum atomic E-state index is -0.768. The Bertz CT molecular complexity index is 438. The lowest BCUT2D eigenvalue weighted by atomic mass is 10.1. The molecule has 4 nitrogen and oxygen atoms in total. The molecule has 1 aromatic rings. The van der Waals surface area contributed by atoms with Gasteiger partial charge in [0.2, 0.25) is 0 Å². The molecule has 1 heterocycles. The van der Waals surface area contributed by atoms with Crippen molar-refractivity contribution in [2.24, 2.45) is 0 Å². The number of nitrogens with zero attached hydrogens (tertiary/aromatic N) is 2. The maximum Gasteiger partial charge on any atom is 0.349 e. The maximum atomic E-state index is 11.2. The van der Waals surface area contributed by atoms with Crippen molar-refractivity contribution < 1.29 is 14.5 Å². The number of carboxylic acid groups (broad SMARTS) is 1. The van der Waals surface area contributed by atoms with Crippen molar-refractivity contribution in [3.05, 3.63) is 17.7 Å². The third-order valence-electron chi connectivity index (χ3n) is 3.96. The molecular weight excluding hydrogens is 252 g/mol. The molecule has 0 saturated carbocycles. The fourth-order valence-corrected chi connectivity index (χ4v) is 2.73. The molecule has 0 aliphatic rings. The quantitative estimate of drug-likeness (QED) is 0.558. The SMILES string of the molecule is CCCCCCCc1n(CC)c(C)c[n+]1C(C)C(=O)O. The number of aryl methyl sites for hydroxylation is 1. The van der Waals surface area contributed by atoms with E-state index in [2.05, 4.69) is 25.3 Å². The number of aromatic nitrogens is 2. The van der Waals surface area contributed by atoms with E-state index in [9.17, 15) is 9.90 Å². The van der Waals surface area contributed by atoms with Crippen LogP contribution in [-0.2, 0) is 17.8 Å². The number of carbonyl (C=O) groups is 1. The first-order valence-corrected chi connectivity index (χ1v) is 7.85. The molecule has 0 aliphatic heterocycles. The van der Waals surface area contributed by atoms with Gasteiger partial charge in [0.25, 0.3) is 5.82 Å². The van der Waals surface area contributed by atoms with E-state index < -0.39 is 12.0 Å². The summed E-state index contributed by atoms with van der Waals surface area (Å²) in [4.78, 5) is 11.2. The molecule has 0 amide bonds. The Morgan fingerprint density at radius 3 is 2.50 bits per heavy atom. The summed E-state index contributed by atoms with van der Waals surface area (Å²) < 4.78 is 4.17. The Hall–Kier alpha value is -1.32. The highest BCUT2D eigenvalue weighted by molar-refractivity contribution is 5.69. The first kappa shape index (κ1) is 16.7. The van der Waals surface area contributed by atoms with E-state index in [-0.39, 0.29) is 0 Å². The number of imidazole rings is 1. The van der Waals surface area contributed by atoms with Gasteiger partial charge < -0.3 is 5.11 Å². The van der Waals surface area contributed by atoms with E-state index in [4.69, 9.17) is 0 Å². The van der Waals surface area contributed by atoms with Gasteiger partial charge in [-0.25, -0.2) is 13.9 Å². The molecule has 1 atom stereocenters. The van der Waals surface area contributed by atoms with Gasteiger partial charge in [0.05, 0.1) is 6.54 Å². The van der Waals surface area contributed by atoms with Crippen LogP contribution in [0, 0.1) is 6.92 Å². The molecule has 1 rings (SSSR count). The molecule has 0 saturated heterocycles. The average Bonchev–Trinajstić information content (AvgIpc) is 2.73. The highest BCUT2D eigenvalue weighted by Crippen LogP contribution is 2.12. The van der Waals surface area contributed by atoms with Gasteiger partial charge in [0.15, 0.2) is 6.04 Å². The highest BCUT2D eigenvalue weighted by Gasteiger charge is 2.27.